The van der Waals surface area contributed by atoms with Crippen LogP contribution in [0.15, 0.2) is 188 Å². The monoisotopic (exact) mass is 685 g/mol. The molecule has 0 N–H and O–H groups in total. The second kappa shape index (κ2) is 12.2. The van der Waals surface area contributed by atoms with Gasteiger partial charge in [-0.15, -0.1) is 0 Å². The fraction of sp³-hybridized carbons (Fsp3) is 0. The van der Waals surface area contributed by atoms with Gasteiger partial charge in [-0.2, -0.15) is 0 Å². The molecule has 0 spiro atoms. The molecule has 0 aliphatic heterocycles. The van der Waals surface area contributed by atoms with E-state index in [0.717, 1.165) is 39.2 Å². The molecule has 11 rings (SSSR count). The molecule has 0 radical (unpaired) electrons. The smallest absolute Gasteiger partial charge is 0.160 e. The maximum absolute atomic E-state index is 5.27. The summed E-state index contributed by atoms with van der Waals surface area (Å²) in [5, 5.41) is 12.6. The van der Waals surface area contributed by atoms with Crippen molar-refractivity contribution in [2.45, 2.75) is 0 Å². The van der Waals surface area contributed by atoms with E-state index in [-0.39, 0.29) is 0 Å². The van der Waals surface area contributed by atoms with Gasteiger partial charge >= 0.3 is 0 Å². The standard InChI is InChI=1S/C51H31N3/c1-2-11-41-39(7-1)29-46(44-13-4-3-12-43(41)44)48-30-47(53-51(54-48)38-22-14-32(15-23-38)40-10-6-28-52-31-40)34-18-16-33(17-19-34)42-26-24-37-21-20-35-8-5-9-36-25-27-45(42)50(37)49(35)36/h1-31H. The van der Waals surface area contributed by atoms with E-state index in [4.69, 9.17) is 9.97 Å². The van der Waals surface area contributed by atoms with E-state index in [1.165, 1.54) is 65.0 Å². The van der Waals surface area contributed by atoms with Gasteiger partial charge in [0.1, 0.15) is 0 Å². The summed E-state index contributed by atoms with van der Waals surface area (Å²) in [7, 11) is 0. The van der Waals surface area contributed by atoms with Gasteiger partial charge in [-0.1, -0.05) is 158 Å². The predicted molar refractivity (Wildman–Crippen MR) is 226 cm³/mol. The van der Waals surface area contributed by atoms with Crippen LogP contribution in [0.1, 0.15) is 0 Å². The summed E-state index contributed by atoms with van der Waals surface area (Å²) in [5.74, 6) is 0.688. The van der Waals surface area contributed by atoms with Crippen LogP contribution in [0.4, 0.5) is 0 Å². The molecule has 54 heavy (non-hydrogen) atoms. The summed E-state index contributed by atoms with van der Waals surface area (Å²) in [4.78, 5) is 14.8. The van der Waals surface area contributed by atoms with Crippen LogP contribution in [0.3, 0.4) is 0 Å². The Morgan fingerprint density at radius 3 is 1.74 bits per heavy atom. The lowest BCUT2D eigenvalue weighted by atomic mass is 9.89. The van der Waals surface area contributed by atoms with Crippen molar-refractivity contribution in [2.75, 3.05) is 0 Å². The lowest BCUT2D eigenvalue weighted by Gasteiger charge is -2.15. The highest BCUT2D eigenvalue weighted by Crippen LogP contribution is 2.41. The largest absolute Gasteiger partial charge is 0.264 e. The summed E-state index contributed by atoms with van der Waals surface area (Å²) in [6, 6.07) is 63.1. The van der Waals surface area contributed by atoms with E-state index in [9.17, 15) is 0 Å². The first-order valence-electron chi connectivity index (χ1n) is 18.3. The molecule has 11 aromatic rings. The van der Waals surface area contributed by atoms with Crippen LogP contribution in [0, 0.1) is 0 Å². The van der Waals surface area contributed by atoms with Gasteiger partial charge in [0, 0.05) is 29.1 Å². The molecule has 0 atom stereocenters. The molecule has 3 heteroatoms. The highest BCUT2D eigenvalue weighted by atomic mass is 14.9. The van der Waals surface area contributed by atoms with Crippen LogP contribution in [-0.2, 0) is 0 Å². The first-order valence-corrected chi connectivity index (χ1v) is 18.3. The molecule has 0 aliphatic carbocycles. The van der Waals surface area contributed by atoms with Gasteiger partial charge < -0.3 is 0 Å². The minimum atomic E-state index is 0.688. The Labute approximate surface area is 312 Å². The number of aromatic nitrogens is 3. The Morgan fingerprint density at radius 1 is 0.315 bits per heavy atom. The fourth-order valence-corrected chi connectivity index (χ4v) is 8.28. The van der Waals surface area contributed by atoms with E-state index < -0.39 is 0 Å². The maximum atomic E-state index is 5.27. The van der Waals surface area contributed by atoms with Gasteiger partial charge in [0.15, 0.2) is 5.82 Å². The third-order valence-corrected chi connectivity index (χ3v) is 10.9. The van der Waals surface area contributed by atoms with Crippen molar-refractivity contribution in [1.82, 2.24) is 15.0 Å². The van der Waals surface area contributed by atoms with Gasteiger partial charge in [-0.3, -0.25) is 4.98 Å². The third kappa shape index (κ3) is 4.94. The Kier molecular flexibility index (Phi) is 6.86. The van der Waals surface area contributed by atoms with Crippen molar-refractivity contribution in [1.29, 1.82) is 0 Å². The van der Waals surface area contributed by atoms with Crippen molar-refractivity contribution in [3.8, 4) is 56.2 Å². The molecule has 0 saturated heterocycles. The van der Waals surface area contributed by atoms with Gasteiger partial charge in [0.05, 0.1) is 11.4 Å². The quantitative estimate of drug-likeness (QED) is 0.169. The van der Waals surface area contributed by atoms with Crippen LogP contribution >= 0.6 is 0 Å². The molecule has 9 aromatic carbocycles. The van der Waals surface area contributed by atoms with Crippen molar-refractivity contribution in [3.05, 3.63) is 188 Å². The fourth-order valence-electron chi connectivity index (χ4n) is 8.28. The minimum absolute atomic E-state index is 0.688. The number of pyridine rings is 1. The van der Waals surface area contributed by atoms with E-state index in [1.54, 1.807) is 6.20 Å². The summed E-state index contributed by atoms with van der Waals surface area (Å²) in [6.45, 7) is 0. The molecule has 0 saturated carbocycles. The number of hydrogen-bond acceptors (Lipinski definition) is 3. The van der Waals surface area contributed by atoms with Crippen molar-refractivity contribution >= 4 is 53.9 Å². The number of benzene rings is 9. The SMILES string of the molecule is c1cncc(-c2ccc(-c3nc(-c4ccc(-c5ccc6ccc7cccc8ccc5c6c78)cc4)cc(-c4cc5ccccc5c5ccccc45)n3)cc2)c1. The number of nitrogens with zero attached hydrogens (tertiary/aromatic N) is 3. The lowest BCUT2D eigenvalue weighted by Crippen LogP contribution is -1.97. The van der Waals surface area contributed by atoms with E-state index in [2.05, 4.69) is 175 Å². The molecule has 2 heterocycles. The molecule has 0 fully saturated rings. The molecule has 0 aliphatic rings. The zero-order valence-corrected chi connectivity index (χ0v) is 29.2. The zero-order chi connectivity index (χ0) is 35.6. The lowest BCUT2D eigenvalue weighted by molar-refractivity contribution is 1.19. The van der Waals surface area contributed by atoms with Crippen LogP contribution < -0.4 is 0 Å². The van der Waals surface area contributed by atoms with Gasteiger partial charge in [-0.25, -0.2) is 9.97 Å². The van der Waals surface area contributed by atoms with Crippen LogP contribution in [-0.4, -0.2) is 15.0 Å². The second-order valence-electron chi connectivity index (χ2n) is 14.0. The normalized spacial score (nSPS) is 11.7. The summed E-state index contributed by atoms with van der Waals surface area (Å²) >= 11 is 0. The van der Waals surface area contributed by atoms with Crippen molar-refractivity contribution < 1.29 is 0 Å². The summed E-state index contributed by atoms with van der Waals surface area (Å²) in [6.07, 6.45) is 3.69. The molecule has 0 bridgehead atoms. The first kappa shape index (κ1) is 30.4. The Hall–Kier alpha value is -7.23. The predicted octanol–water partition coefficient (Wildman–Crippen LogP) is 13.4. The molecule has 3 nitrogen and oxygen atoms in total. The van der Waals surface area contributed by atoms with Crippen LogP contribution in [0.25, 0.3) is 110 Å². The van der Waals surface area contributed by atoms with Crippen LogP contribution in [0.5, 0.6) is 0 Å². The molecule has 2 aromatic heterocycles. The zero-order valence-electron chi connectivity index (χ0n) is 29.2. The van der Waals surface area contributed by atoms with Crippen molar-refractivity contribution in [3.63, 3.8) is 0 Å². The summed E-state index contributed by atoms with van der Waals surface area (Å²) < 4.78 is 0. The average molecular weight is 686 g/mol. The number of fused-ring (bicyclic) bond motifs is 3. The second-order valence-corrected chi connectivity index (χ2v) is 14.0. The summed E-state index contributed by atoms with van der Waals surface area (Å²) in [5.41, 5.74) is 9.45. The Balaban J connectivity index is 1.07. The maximum Gasteiger partial charge on any atom is 0.160 e. The molecule has 250 valence electrons. The van der Waals surface area contributed by atoms with Crippen LogP contribution in [0.2, 0.25) is 0 Å². The topological polar surface area (TPSA) is 38.7 Å². The van der Waals surface area contributed by atoms with E-state index in [1.807, 2.05) is 12.3 Å². The highest BCUT2D eigenvalue weighted by molar-refractivity contribution is 6.25. The average Bonchev–Trinajstić information content (AvgIpc) is 3.25. The third-order valence-electron chi connectivity index (χ3n) is 10.9. The Bertz CT molecular complexity index is 3170. The molecular weight excluding hydrogens is 655 g/mol. The van der Waals surface area contributed by atoms with E-state index >= 15 is 0 Å². The number of rotatable bonds is 5. The van der Waals surface area contributed by atoms with Crippen molar-refractivity contribution in [2.24, 2.45) is 0 Å². The Morgan fingerprint density at radius 2 is 0.944 bits per heavy atom. The molecule has 0 unspecified atom stereocenters. The van der Waals surface area contributed by atoms with Gasteiger partial charge in [-0.05, 0) is 94.3 Å². The van der Waals surface area contributed by atoms with Gasteiger partial charge in [0.2, 0.25) is 0 Å². The first-order chi connectivity index (χ1) is 26.7. The molecule has 0 amide bonds. The van der Waals surface area contributed by atoms with Gasteiger partial charge in [0.25, 0.3) is 0 Å². The van der Waals surface area contributed by atoms with E-state index in [0.29, 0.717) is 5.82 Å². The number of hydrogen-bond donors (Lipinski definition) is 0. The minimum Gasteiger partial charge on any atom is -0.264 e. The molecular formula is C51H31N3. The highest BCUT2D eigenvalue weighted by Gasteiger charge is 2.16.